The average molecular weight is 228 g/mol. The van der Waals surface area contributed by atoms with E-state index in [0.717, 1.165) is 15.4 Å². The summed E-state index contributed by atoms with van der Waals surface area (Å²) < 4.78 is 14.1. The van der Waals surface area contributed by atoms with Gasteiger partial charge >= 0.3 is 0 Å². The summed E-state index contributed by atoms with van der Waals surface area (Å²) >= 11 is 3.37. The lowest BCUT2D eigenvalue weighted by molar-refractivity contribution is 0.637. The van der Waals surface area contributed by atoms with Crippen LogP contribution in [0.5, 0.6) is 0 Å². The number of aromatic amines is 1. The van der Waals surface area contributed by atoms with E-state index in [1.54, 1.807) is 12.3 Å². The van der Waals surface area contributed by atoms with Crippen molar-refractivity contribution in [2.75, 3.05) is 0 Å². The number of halogens is 2. The lowest BCUT2D eigenvalue weighted by atomic mass is 10.2. The minimum atomic E-state index is -0.207. The highest BCUT2D eigenvalue weighted by Crippen LogP contribution is 2.28. The lowest BCUT2D eigenvalue weighted by Crippen LogP contribution is -1.78. The van der Waals surface area contributed by atoms with Crippen LogP contribution in [-0.2, 0) is 0 Å². The van der Waals surface area contributed by atoms with Crippen LogP contribution in [0.15, 0.2) is 22.8 Å². The van der Waals surface area contributed by atoms with Gasteiger partial charge in [-0.15, -0.1) is 0 Å². The van der Waals surface area contributed by atoms with Crippen LogP contribution >= 0.6 is 15.9 Å². The Kier molecular flexibility index (Phi) is 1.68. The first-order chi connectivity index (χ1) is 5.70. The number of hydrogen-bond acceptors (Lipinski definition) is 0. The van der Waals surface area contributed by atoms with Crippen molar-refractivity contribution in [1.29, 1.82) is 0 Å². The van der Waals surface area contributed by atoms with Crippen molar-refractivity contribution in [1.82, 2.24) is 4.98 Å². The van der Waals surface area contributed by atoms with E-state index in [1.165, 1.54) is 6.07 Å². The summed E-state index contributed by atoms with van der Waals surface area (Å²) in [5.74, 6) is -0.207. The monoisotopic (exact) mass is 227 g/mol. The van der Waals surface area contributed by atoms with Gasteiger partial charge in [0.15, 0.2) is 0 Å². The highest BCUT2D eigenvalue weighted by atomic mass is 79.9. The first-order valence-corrected chi connectivity index (χ1v) is 4.41. The average Bonchev–Trinajstić information content (AvgIpc) is 2.42. The largest absolute Gasteiger partial charge is 0.358 e. The van der Waals surface area contributed by atoms with Gasteiger partial charge in [-0.3, -0.25) is 0 Å². The maximum absolute atomic E-state index is 13.1. The number of fused-ring (bicyclic) bond motifs is 1. The second kappa shape index (κ2) is 2.59. The first-order valence-electron chi connectivity index (χ1n) is 3.62. The molecule has 0 aliphatic rings. The number of rotatable bonds is 0. The van der Waals surface area contributed by atoms with Gasteiger partial charge in [0.2, 0.25) is 0 Å². The van der Waals surface area contributed by atoms with Gasteiger partial charge < -0.3 is 4.98 Å². The normalized spacial score (nSPS) is 10.9. The zero-order valence-electron chi connectivity index (χ0n) is 6.49. The van der Waals surface area contributed by atoms with Gasteiger partial charge in [0.1, 0.15) is 5.82 Å². The van der Waals surface area contributed by atoms with Crippen LogP contribution in [0.2, 0.25) is 0 Å². The predicted octanol–water partition coefficient (Wildman–Crippen LogP) is 3.38. The minimum Gasteiger partial charge on any atom is -0.358 e. The molecule has 2 aromatic rings. The van der Waals surface area contributed by atoms with E-state index in [-0.39, 0.29) is 5.82 Å². The third-order valence-electron chi connectivity index (χ3n) is 1.93. The molecule has 1 aromatic heterocycles. The second-order valence-electron chi connectivity index (χ2n) is 2.75. The number of hydrogen-bond donors (Lipinski definition) is 1. The Balaban J connectivity index is 2.98. The number of H-pyrrole nitrogens is 1. The summed E-state index contributed by atoms with van der Waals surface area (Å²) in [7, 11) is 0. The quantitative estimate of drug-likeness (QED) is 0.711. The van der Waals surface area contributed by atoms with Gasteiger partial charge in [0.25, 0.3) is 0 Å². The molecule has 0 bridgehead atoms. The topological polar surface area (TPSA) is 15.8 Å². The number of benzene rings is 1. The van der Waals surface area contributed by atoms with Crippen molar-refractivity contribution < 1.29 is 4.39 Å². The molecule has 0 radical (unpaired) electrons. The Morgan fingerprint density at radius 2 is 2.17 bits per heavy atom. The Hall–Kier alpha value is -0.830. The van der Waals surface area contributed by atoms with Crippen LogP contribution in [0.25, 0.3) is 10.9 Å². The maximum Gasteiger partial charge on any atom is 0.147 e. The molecular formula is C9H7BrFN. The standard InChI is InChI=1S/C9H7BrFN/c1-5-4-12-9-7(11)3-2-6(10)8(5)9/h2-4,12H,1H3. The predicted molar refractivity (Wildman–Crippen MR) is 50.7 cm³/mol. The van der Waals surface area contributed by atoms with Crippen LogP contribution in [0.3, 0.4) is 0 Å². The van der Waals surface area contributed by atoms with Crippen molar-refractivity contribution >= 4 is 26.8 Å². The summed E-state index contributed by atoms with van der Waals surface area (Å²) in [6.45, 7) is 1.95. The smallest absolute Gasteiger partial charge is 0.147 e. The Labute approximate surface area is 77.7 Å². The summed E-state index contributed by atoms with van der Waals surface area (Å²) in [6, 6.07) is 3.17. The fraction of sp³-hybridized carbons (Fsp3) is 0.111. The lowest BCUT2D eigenvalue weighted by Gasteiger charge is -1.96. The molecule has 0 aliphatic carbocycles. The number of aryl methyl sites for hydroxylation is 1. The van der Waals surface area contributed by atoms with E-state index >= 15 is 0 Å². The van der Waals surface area contributed by atoms with E-state index in [1.807, 2.05) is 6.92 Å². The fourth-order valence-electron chi connectivity index (χ4n) is 1.33. The molecule has 1 aromatic carbocycles. The first kappa shape index (κ1) is 7.80. The maximum atomic E-state index is 13.1. The van der Waals surface area contributed by atoms with E-state index in [4.69, 9.17) is 0 Å². The van der Waals surface area contributed by atoms with E-state index in [2.05, 4.69) is 20.9 Å². The Bertz CT molecular complexity index is 433. The minimum absolute atomic E-state index is 0.207. The van der Waals surface area contributed by atoms with Gasteiger partial charge in [-0.2, -0.15) is 0 Å². The summed E-state index contributed by atoms with van der Waals surface area (Å²) in [5, 5.41) is 0.926. The molecule has 0 atom stereocenters. The van der Waals surface area contributed by atoms with Crippen LogP contribution in [-0.4, -0.2) is 4.98 Å². The van der Waals surface area contributed by atoms with Crippen molar-refractivity contribution in [3.8, 4) is 0 Å². The molecule has 3 heteroatoms. The molecule has 0 saturated heterocycles. The fourth-order valence-corrected chi connectivity index (χ4v) is 1.97. The summed E-state index contributed by atoms with van der Waals surface area (Å²) in [6.07, 6.45) is 1.80. The summed E-state index contributed by atoms with van der Waals surface area (Å²) in [5.41, 5.74) is 1.62. The Morgan fingerprint density at radius 1 is 1.42 bits per heavy atom. The molecule has 0 fully saturated rings. The zero-order valence-corrected chi connectivity index (χ0v) is 8.07. The van der Waals surface area contributed by atoms with Crippen molar-refractivity contribution in [3.63, 3.8) is 0 Å². The molecular weight excluding hydrogens is 221 g/mol. The van der Waals surface area contributed by atoms with Gasteiger partial charge in [-0.25, -0.2) is 4.39 Å². The molecule has 12 heavy (non-hydrogen) atoms. The number of nitrogens with one attached hydrogen (secondary N) is 1. The molecule has 1 N–H and O–H groups in total. The van der Waals surface area contributed by atoms with E-state index in [0.29, 0.717) is 5.52 Å². The van der Waals surface area contributed by atoms with Gasteiger partial charge in [-0.1, -0.05) is 15.9 Å². The second-order valence-corrected chi connectivity index (χ2v) is 3.61. The summed E-state index contributed by atoms with van der Waals surface area (Å²) in [4.78, 5) is 2.89. The van der Waals surface area contributed by atoms with Crippen molar-refractivity contribution in [2.45, 2.75) is 6.92 Å². The van der Waals surface area contributed by atoms with Gasteiger partial charge in [-0.05, 0) is 24.6 Å². The molecule has 62 valence electrons. The molecule has 0 unspecified atom stereocenters. The molecule has 0 saturated carbocycles. The molecule has 2 rings (SSSR count). The van der Waals surface area contributed by atoms with Gasteiger partial charge in [0, 0.05) is 16.1 Å². The van der Waals surface area contributed by atoms with E-state index < -0.39 is 0 Å². The van der Waals surface area contributed by atoms with Crippen molar-refractivity contribution in [3.05, 3.63) is 34.2 Å². The SMILES string of the molecule is Cc1c[nH]c2c(F)ccc(Br)c12. The van der Waals surface area contributed by atoms with Crippen LogP contribution in [0.1, 0.15) is 5.56 Å². The molecule has 0 aliphatic heterocycles. The van der Waals surface area contributed by atoms with Gasteiger partial charge in [0.05, 0.1) is 5.52 Å². The third-order valence-corrected chi connectivity index (χ3v) is 2.59. The molecule has 1 heterocycles. The highest BCUT2D eigenvalue weighted by molar-refractivity contribution is 9.10. The van der Waals surface area contributed by atoms with E-state index in [9.17, 15) is 4.39 Å². The zero-order chi connectivity index (χ0) is 8.72. The number of aromatic nitrogens is 1. The third kappa shape index (κ3) is 0.966. The van der Waals surface area contributed by atoms with Crippen LogP contribution in [0, 0.1) is 12.7 Å². The highest BCUT2D eigenvalue weighted by Gasteiger charge is 2.07. The van der Waals surface area contributed by atoms with Crippen LogP contribution in [0.4, 0.5) is 4.39 Å². The van der Waals surface area contributed by atoms with Crippen LogP contribution < -0.4 is 0 Å². The molecule has 1 nitrogen and oxygen atoms in total. The molecule has 0 amide bonds. The Morgan fingerprint density at radius 3 is 2.83 bits per heavy atom. The van der Waals surface area contributed by atoms with Crippen molar-refractivity contribution in [2.24, 2.45) is 0 Å². The molecule has 0 spiro atoms.